The second-order valence-corrected chi connectivity index (χ2v) is 4.18. The third kappa shape index (κ3) is 4.15. The van der Waals surface area contributed by atoms with Crippen LogP contribution in [0.5, 0.6) is 0 Å². The van der Waals surface area contributed by atoms with Gasteiger partial charge in [0, 0.05) is 6.42 Å². The van der Waals surface area contributed by atoms with Gasteiger partial charge in [-0.05, 0) is 18.1 Å². The number of carbonyl (C=O) groups excluding carboxylic acids is 2. The number of benzene rings is 1. The van der Waals surface area contributed by atoms with Gasteiger partial charge in [-0.1, -0.05) is 37.3 Å². The maximum Gasteiger partial charge on any atom is 0.252 e. The van der Waals surface area contributed by atoms with Gasteiger partial charge in [0.2, 0.25) is 5.91 Å². The van der Waals surface area contributed by atoms with Crippen molar-refractivity contribution in [2.75, 3.05) is 0 Å². The summed E-state index contributed by atoms with van der Waals surface area (Å²) in [7, 11) is 0. The maximum absolute atomic E-state index is 11.6. The molecule has 0 bridgehead atoms. The van der Waals surface area contributed by atoms with Crippen LogP contribution in [0.15, 0.2) is 36.0 Å². The van der Waals surface area contributed by atoms with Gasteiger partial charge in [-0.2, -0.15) is 0 Å². The molecule has 3 nitrogen and oxygen atoms in total. The first-order valence-corrected chi connectivity index (χ1v) is 6.03. The minimum absolute atomic E-state index is 0.155. The van der Waals surface area contributed by atoms with E-state index in [4.69, 9.17) is 0 Å². The van der Waals surface area contributed by atoms with Crippen molar-refractivity contribution in [1.82, 2.24) is 3.93 Å². The Hall–Kier alpha value is -1.42. The monoisotopic (exact) mass is 294 g/mol. The van der Waals surface area contributed by atoms with E-state index < -0.39 is 0 Å². The van der Waals surface area contributed by atoms with Gasteiger partial charge in [0.1, 0.15) is 5.70 Å². The molecule has 0 saturated heterocycles. The Labute approximate surface area is 109 Å². The van der Waals surface area contributed by atoms with Crippen LogP contribution in [0.25, 0.3) is 6.08 Å². The lowest BCUT2D eigenvalue weighted by molar-refractivity contribution is -0.124. The SMILES string of the molecule is CCCC(=O)N(Br)C([C]=O)=Cc1ccccc1. The third-order valence-electron chi connectivity index (χ3n) is 2.10. The van der Waals surface area contributed by atoms with Crippen LogP contribution in [0.2, 0.25) is 0 Å². The van der Waals surface area contributed by atoms with Crippen molar-refractivity contribution in [3.05, 3.63) is 41.6 Å². The van der Waals surface area contributed by atoms with Crippen molar-refractivity contribution in [3.63, 3.8) is 0 Å². The second kappa shape index (κ2) is 7.01. The van der Waals surface area contributed by atoms with E-state index in [9.17, 15) is 9.59 Å². The van der Waals surface area contributed by atoms with Gasteiger partial charge < -0.3 is 0 Å². The highest BCUT2D eigenvalue weighted by atomic mass is 79.9. The summed E-state index contributed by atoms with van der Waals surface area (Å²) in [5, 5.41) is 0. The van der Waals surface area contributed by atoms with Crippen LogP contribution in [0.3, 0.4) is 0 Å². The van der Waals surface area contributed by atoms with Gasteiger partial charge in [-0.3, -0.25) is 9.59 Å². The molecular formula is C13H13BrNO2. The molecule has 0 aromatic heterocycles. The molecule has 0 aliphatic rings. The maximum atomic E-state index is 11.6. The first-order valence-electron chi connectivity index (χ1n) is 5.32. The Bertz CT molecular complexity index is 415. The number of nitrogens with zero attached hydrogens (tertiary/aromatic N) is 1. The van der Waals surface area contributed by atoms with Crippen LogP contribution in [-0.2, 0) is 9.59 Å². The normalized spacial score (nSPS) is 11.1. The van der Waals surface area contributed by atoms with Crippen LogP contribution >= 0.6 is 16.1 Å². The van der Waals surface area contributed by atoms with Gasteiger partial charge in [-0.15, -0.1) is 0 Å². The zero-order valence-corrected chi connectivity index (χ0v) is 11.1. The van der Waals surface area contributed by atoms with Crippen molar-refractivity contribution in [1.29, 1.82) is 0 Å². The van der Waals surface area contributed by atoms with Crippen LogP contribution in [0.1, 0.15) is 25.3 Å². The molecule has 0 fully saturated rings. The number of allylic oxidation sites excluding steroid dienone is 1. The Morgan fingerprint density at radius 2 is 2.06 bits per heavy atom. The lowest BCUT2D eigenvalue weighted by Gasteiger charge is -2.12. The fourth-order valence-corrected chi connectivity index (χ4v) is 1.63. The van der Waals surface area contributed by atoms with E-state index in [0.717, 1.165) is 15.9 Å². The van der Waals surface area contributed by atoms with Gasteiger partial charge >= 0.3 is 0 Å². The van der Waals surface area contributed by atoms with Crippen molar-refractivity contribution in [2.24, 2.45) is 0 Å². The summed E-state index contributed by atoms with van der Waals surface area (Å²) in [6, 6.07) is 9.31. The molecule has 89 valence electrons. The number of carbonyl (C=O) groups is 1. The van der Waals surface area contributed by atoms with Crippen LogP contribution in [0, 0.1) is 0 Å². The second-order valence-electron chi connectivity index (χ2n) is 3.47. The summed E-state index contributed by atoms with van der Waals surface area (Å²) in [5.74, 6) is -0.155. The Kier molecular flexibility index (Phi) is 5.63. The molecule has 0 unspecified atom stereocenters. The molecule has 0 aliphatic carbocycles. The molecule has 1 aromatic carbocycles. The summed E-state index contributed by atoms with van der Waals surface area (Å²) >= 11 is 3.08. The predicted octanol–water partition coefficient (Wildman–Crippen LogP) is 3.08. The predicted molar refractivity (Wildman–Crippen MR) is 70.8 cm³/mol. The fraction of sp³-hybridized carbons (Fsp3) is 0.231. The molecule has 0 N–H and O–H groups in total. The van der Waals surface area contributed by atoms with E-state index in [2.05, 4.69) is 16.1 Å². The molecule has 1 rings (SSSR count). The first kappa shape index (κ1) is 13.6. The summed E-state index contributed by atoms with van der Waals surface area (Å²) < 4.78 is 1.16. The van der Waals surface area contributed by atoms with Crippen molar-refractivity contribution < 1.29 is 9.59 Å². The molecule has 1 aromatic rings. The largest absolute Gasteiger partial charge is 0.283 e. The van der Waals surface area contributed by atoms with E-state index >= 15 is 0 Å². The highest BCUT2D eigenvalue weighted by molar-refractivity contribution is 9.07. The fourth-order valence-electron chi connectivity index (χ4n) is 1.28. The molecule has 0 saturated carbocycles. The highest BCUT2D eigenvalue weighted by Crippen LogP contribution is 2.15. The Morgan fingerprint density at radius 3 is 2.59 bits per heavy atom. The smallest absolute Gasteiger partial charge is 0.252 e. The summed E-state index contributed by atoms with van der Waals surface area (Å²) in [6.07, 6.45) is 4.49. The van der Waals surface area contributed by atoms with Crippen molar-refractivity contribution in [3.8, 4) is 0 Å². The first-order chi connectivity index (χ1) is 8.19. The number of halogens is 1. The molecular weight excluding hydrogens is 282 g/mol. The van der Waals surface area contributed by atoms with Crippen LogP contribution in [0.4, 0.5) is 0 Å². The molecule has 4 heteroatoms. The summed E-state index contributed by atoms with van der Waals surface area (Å²) in [6.45, 7) is 1.91. The average Bonchev–Trinajstić information content (AvgIpc) is 2.36. The lowest BCUT2D eigenvalue weighted by Crippen LogP contribution is -2.20. The topological polar surface area (TPSA) is 37.4 Å². The average molecular weight is 295 g/mol. The lowest BCUT2D eigenvalue weighted by atomic mass is 10.2. The molecule has 1 amide bonds. The standard InChI is InChI=1S/C13H13BrNO2/c1-2-6-13(17)15(14)12(10-16)9-11-7-4-3-5-8-11/h3-5,7-9H,2,6H2,1H3. The minimum Gasteiger partial charge on any atom is -0.283 e. The Balaban J connectivity index is 2.88. The number of amides is 1. The van der Waals surface area contributed by atoms with Crippen LogP contribution < -0.4 is 0 Å². The number of rotatable bonds is 5. The molecule has 0 atom stereocenters. The zero-order chi connectivity index (χ0) is 12.7. The minimum atomic E-state index is -0.155. The number of hydrogen-bond donors (Lipinski definition) is 0. The number of hydrogen-bond acceptors (Lipinski definition) is 2. The summed E-state index contributed by atoms with van der Waals surface area (Å²) in [4.78, 5) is 22.4. The highest BCUT2D eigenvalue weighted by Gasteiger charge is 2.14. The zero-order valence-electron chi connectivity index (χ0n) is 9.52. The molecule has 17 heavy (non-hydrogen) atoms. The summed E-state index contributed by atoms with van der Waals surface area (Å²) in [5.41, 5.74) is 1.02. The van der Waals surface area contributed by atoms with E-state index in [1.807, 2.05) is 37.3 Å². The van der Waals surface area contributed by atoms with Crippen molar-refractivity contribution in [2.45, 2.75) is 19.8 Å². The molecule has 1 radical (unpaired) electrons. The van der Waals surface area contributed by atoms with E-state index in [-0.39, 0.29) is 11.6 Å². The van der Waals surface area contributed by atoms with Gasteiger partial charge in [0.05, 0.1) is 16.1 Å². The van der Waals surface area contributed by atoms with E-state index in [1.165, 1.54) is 0 Å². The van der Waals surface area contributed by atoms with E-state index in [0.29, 0.717) is 6.42 Å². The molecule has 0 spiro atoms. The molecule has 0 heterocycles. The Morgan fingerprint density at radius 1 is 1.41 bits per heavy atom. The van der Waals surface area contributed by atoms with Gasteiger partial charge in [-0.25, -0.2) is 3.93 Å². The van der Waals surface area contributed by atoms with Crippen molar-refractivity contribution >= 4 is 34.4 Å². The van der Waals surface area contributed by atoms with Crippen LogP contribution in [-0.4, -0.2) is 16.1 Å². The quantitative estimate of drug-likeness (QED) is 0.618. The van der Waals surface area contributed by atoms with Gasteiger partial charge in [0.25, 0.3) is 6.29 Å². The third-order valence-corrected chi connectivity index (χ3v) is 2.88. The van der Waals surface area contributed by atoms with Gasteiger partial charge in [0.15, 0.2) is 0 Å². The molecule has 0 aliphatic heterocycles. The van der Waals surface area contributed by atoms with E-state index in [1.54, 1.807) is 12.4 Å².